The Morgan fingerprint density at radius 1 is 1.53 bits per heavy atom. The van der Waals surface area contributed by atoms with E-state index in [1.807, 2.05) is 44.0 Å². The second kappa shape index (κ2) is 7.04. The van der Waals surface area contributed by atoms with Crippen LogP contribution in [0.3, 0.4) is 0 Å². The number of amides is 2. The highest BCUT2D eigenvalue weighted by Gasteiger charge is 2.29. The quantitative estimate of drug-likeness (QED) is 0.607. The van der Waals surface area contributed by atoms with Crippen LogP contribution in [0.2, 0.25) is 0 Å². The monoisotopic (exact) mass is 262 g/mol. The van der Waals surface area contributed by atoms with Crippen molar-refractivity contribution in [2.45, 2.75) is 32.7 Å². The van der Waals surface area contributed by atoms with E-state index in [1.54, 1.807) is 0 Å². The summed E-state index contributed by atoms with van der Waals surface area (Å²) in [6, 6.07) is -0.244. The molecule has 0 aromatic heterocycles. The Balaban J connectivity index is 2.72. The molecule has 1 atom stereocenters. The SMILES string of the molecule is C=C(C)/C(=C\C=C/C)CN(C)C1CCC(=O)NC1=O. The average molecular weight is 262 g/mol. The van der Waals surface area contributed by atoms with E-state index in [0.29, 0.717) is 19.4 Å². The Kier molecular flexibility index (Phi) is 5.70. The molecule has 19 heavy (non-hydrogen) atoms. The van der Waals surface area contributed by atoms with Crippen LogP contribution in [-0.2, 0) is 9.59 Å². The van der Waals surface area contributed by atoms with Crippen LogP contribution in [0, 0.1) is 0 Å². The number of allylic oxidation sites excluding steroid dienone is 3. The van der Waals surface area contributed by atoms with Gasteiger partial charge in [-0.2, -0.15) is 0 Å². The summed E-state index contributed by atoms with van der Waals surface area (Å²) in [5.74, 6) is -0.384. The van der Waals surface area contributed by atoms with Gasteiger partial charge in [-0.1, -0.05) is 30.4 Å². The van der Waals surface area contributed by atoms with Gasteiger partial charge in [0, 0.05) is 13.0 Å². The second-order valence-corrected chi connectivity index (χ2v) is 4.88. The smallest absolute Gasteiger partial charge is 0.243 e. The molecule has 1 rings (SSSR count). The molecular formula is C15H22N2O2. The zero-order valence-corrected chi connectivity index (χ0v) is 11.9. The number of likely N-dealkylation sites (N-methyl/N-ethyl adjacent to an activating group) is 1. The first-order valence-electron chi connectivity index (χ1n) is 6.47. The Labute approximate surface area is 114 Å². The number of nitrogens with one attached hydrogen (secondary N) is 1. The maximum atomic E-state index is 11.8. The number of rotatable bonds is 5. The number of hydrogen-bond acceptors (Lipinski definition) is 3. The highest BCUT2D eigenvalue weighted by Crippen LogP contribution is 2.15. The van der Waals surface area contributed by atoms with Gasteiger partial charge in [0.15, 0.2) is 0 Å². The van der Waals surface area contributed by atoms with Crippen molar-refractivity contribution in [3.05, 3.63) is 36.0 Å². The van der Waals surface area contributed by atoms with Crippen LogP contribution >= 0.6 is 0 Å². The van der Waals surface area contributed by atoms with E-state index in [0.717, 1.165) is 11.1 Å². The third-order valence-electron chi connectivity index (χ3n) is 3.20. The summed E-state index contributed by atoms with van der Waals surface area (Å²) in [6.45, 7) is 8.51. The lowest BCUT2D eigenvalue weighted by molar-refractivity contribution is -0.137. The molecule has 1 aliphatic rings. The summed E-state index contributed by atoms with van der Waals surface area (Å²) in [4.78, 5) is 24.9. The maximum Gasteiger partial charge on any atom is 0.243 e. The van der Waals surface area contributed by atoms with Crippen molar-refractivity contribution in [3.8, 4) is 0 Å². The number of carbonyl (C=O) groups excluding carboxylic acids is 2. The lowest BCUT2D eigenvalue weighted by Crippen LogP contribution is -2.51. The van der Waals surface area contributed by atoms with Crippen molar-refractivity contribution in [2.75, 3.05) is 13.6 Å². The first-order valence-corrected chi connectivity index (χ1v) is 6.47. The van der Waals surface area contributed by atoms with Gasteiger partial charge in [-0.05, 0) is 32.9 Å². The molecule has 0 aromatic rings. The first kappa shape index (κ1) is 15.4. The fraction of sp³-hybridized carbons (Fsp3) is 0.467. The molecule has 0 aromatic carbocycles. The van der Waals surface area contributed by atoms with Gasteiger partial charge in [-0.25, -0.2) is 0 Å². The zero-order valence-electron chi connectivity index (χ0n) is 11.9. The Hall–Kier alpha value is -1.68. The second-order valence-electron chi connectivity index (χ2n) is 4.88. The van der Waals surface area contributed by atoms with E-state index >= 15 is 0 Å². The van der Waals surface area contributed by atoms with Gasteiger partial charge in [0.1, 0.15) is 0 Å². The Bertz CT molecular complexity index is 435. The number of imide groups is 1. The lowest BCUT2D eigenvalue weighted by atomic mass is 10.0. The molecule has 1 N–H and O–H groups in total. The Morgan fingerprint density at radius 3 is 2.74 bits per heavy atom. The largest absolute Gasteiger partial charge is 0.295 e. The highest BCUT2D eigenvalue weighted by molar-refractivity contribution is 6.00. The first-order chi connectivity index (χ1) is 8.95. The van der Waals surface area contributed by atoms with Crippen molar-refractivity contribution in [1.29, 1.82) is 0 Å². The predicted molar refractivity (Wildman–Crippen MR) is 76.5 cm³/mol. The molecule has 0 bridgehead atoms. The van der Waals surface area contributed by atoms with Crippen LogP contribution < -0.4 is 5.32 Å². The van der Waals surface area contributed by atoms with Crippen LogP contribution in [0.15, 0.2) is 36.0 Å². The number of carbonyl (C=O) groups is 2. The topological polar surface area (TPSA) is 49.4 Å². The molecule has 104 valence electrons. The van der Waals surface area contributed by atoms with Gasteiger partial charge in [0.25, 0.3) is 0 Å². The lowest BCUT2D eigenvalue weighted by Gasteiger charge is -2.30. The molecule has 1 saturated heterocycles. The summed E-state index contributed by atoms with van der Waals surface area (Å²) < 4.78 is 0. The van der Waals surface area contributed by atoms with E-state index in [2.05, 4.69) is 11.9 Å². The summed E-state index contributed by atoms with van der Waals surface area (Å²) in [6.07, 6.45) is 6.90. The van der Waals surface area contributed by atoms with Crippen molar-refractivity contribution in [1.82, 2.24) is 10.2 Å². The van der Waals surface area contributed by atoms with Crippen molar-refractivity contribution in [3.63, 3.8) is 0 Å². The molecule has 0 radical (unpaired) electrons. The van der Waals surface area contributed by atoms with E-state index < -0.39 is 0 Å². The molecule has 4 heteroatoms. The number of hydrogen-bond donors (Lipinski definition) is 1. The normalized spacial score (nSPS) is 21.1. The van der Waals surface area contributed by atoms with Gasteiger partial charge < -0.3 is 0 Å². The van der Waals surface area contributed by atoms with Crippen LogP contribution in [0.4, 0.5) is 0 Å². The average Bonchev–Trinajstić information content (AvgIpc) is 2.33. The maximum absolute atomic E-state index is 11.8. The minimum Gasteiger partial charge on any atom is -0.295 e. The van der Waals surface area contributed by atoms with Crippen LogP contribution in [-0.4, -0.2) is 36.3 Å². The van der Waals surface area contributed by atoms with E-state index in [-0.39, 0.29) is 17.9 Å². The molecule has 1 aliphatic heterocycles. The summed E-state index contributed by atoms with van der Waals surface area (Å²) in [5.41, 5.74) is 2.07. The predicted octanol–water partition coefficient (Wildman–Crippen LogP) is 1.80. The third-order valence-corrected chi connectivity index (χ3v) is 3.20. The fourth-order valence-electron chi connectivity index (χ4n) is 2.02. The molecular weight excluding hydrogens is 240 g/mol. The molecule has 0 aliphatic carbocycles. The number of piperidine rings is 1. The molecule has 0 saturated carbocycles. The van der Waals surface area contributed by atoms with Gasteiger partial charge in [-0.3, -0.25) is 19.8 Å². The van der Waals surface area contributed by atoms with E-state index in [1.165, 1.54) is 0 Å². The summed E-state index contributed by atoms with van der Waals surface area (Å²) in [5, 5.41) is 2.38. The van der Waals surface area contributed by atoms with E-state index in [9.17, 15) is 9.59 Å². The summed E-state index contributed by atoms with van der Waals surface area (Å²) in [7, 11) is 1.90. The van der Waals surface area contributed by atoms with Gasteiger partial charge in [0.2, 0.25) is 11.8 Å². The fourth-order valence-corrected chi connectivity index (χ4v) is 2.02. The minimum atomic E-state index is -0.244. The van der Waals surface area contributed by atoms with Crippen molar-refractivity contribution >= 4 is 11.8 Å². The van der Waals surface area contributed by atoms with E-state index in [4.69, 9.17) is 0 Å². The molecule has 1 fully saturated rings. The molecule has 2 amide bonds. The third kappa shape index (κ3) is 4.48. The van der Waals surface area contributed by atoms with Gasteiger partial charge in [-0.15, -0.1) is 0 Å². The van der Waals surface area contributed by atoms with Gasteiger partial charge in [0.05, 0.1) is 6.04 Å². The number of nitrogens with zero attached hydrogens (tertiary/aromatic N) is 1. The van der Waals surface area contributed by atoms with Gasteiger partial charge >= 0.3 is 0 Å². The van der Waals surface area contributed by atoms with Crippen molar-refractivity contribution < 1.29 is 9.59 Å². The van der Waals surface area contributed by atoms with Crippen LogP contribution in [0.1, 0.15) is 26.7 Å². The van der Waals surface area contributed by atoms with Crippen molar-refractivity contribution in [2.24, 2.45) is 0 Å². The summed E-state index contributed by atoms with van der Waals surface area (Å²) >= 11 is 0. The zero-order chi connectivity index (χ0) is 14.4. The highest BCUT2D eigenvalue weighted by atomic mass is 16.2. The molecule has 0 spiro atoms. The molecule has 1 heterocycles. The molecule has 1 unspecified atom stereocenters. The van der Waals surface area contributed by atoms with Crippen LogP contribution in [0.25, 0.3) is 0 Å². The Morgan fingerprint density at radius 2 is 2.21 bits per heavy atom. The standard InChI is InChI=1S/C15H22N2O2/c1-5-6-7-12(11(2)3)10-17(4)13-8-9-14(18)16-15(13)19/h5-7,13H,2,8-10H2,1,3-4H3,(H,16,18,19)/b6-5-,12-7-. The molecule has 4 nitrogen and oxygen atoms in total. The van der Waals surface area contributed by atoms with Crippen LogP contribution in [0.5, 0.6) is 0 Å². The minimum absolute atomic E-state index is 0.181.